The number of hydrogen-bond acceptors (Lipinski definition) is 3. The molecule has 5 nitrogen and oxygen atoms in total. The molecule has 1 fully saturated rings. The van der Waals surface area contributed by atoms with E-state index >= 15 is 0 Å². The van der Waals surface area contributed by atoms with E-state index in [4.69, 9.17) is 0 Å². The van der Waals surface area contributed by atoms with Crippen LogP contribution in [0.3, 0.4) is 0 Å². The maximum atomic E-state index is 12.6. The van der Waals surface area contributed by atoms with E-state index in [2.05, 4.69) is 52.6 Å². The van der Waals surface area contributed by atoms with E-state index in [9.17, 15) is 4.79 Å². The number of likely N-dealkylation sites (tertiary alicyclic amines) is 1. The van der Waals surface area contributed by atoms with Crippen LogP contribution in [0, 0.1) is 13.8 Å². The normalized spacial score (nSPS) is 14.5. The Kier molecular flexibility index (Phi) is 6.82. The van der Waals surface area contributed by atoms with Gasteiger partial charge in [0.1, 0.15) is 0 Å². The van der Waals surface area contributed by atoms with Gasteiger partial charge in [-0.25, -0.2) is 0 Å². The molecule has 0 atom stereocenters. The molecule has 0 radical (unpaired) electrons. The molecule has 3 aromatic rings. The number of amides is 1. The van der Waals surface area contributed by atoms with Crippen molar-refractivity contribution in [2.75, 3.05) is 13.1 Å². The van der Waals surface area contributed by atoms with E-state index in [1.54, 1.807) is 0 Å². The second-order valence-electron chi connectivity index (χ2n) is 8.62. The molecule has 2 heterocycles. The molecule has 0 spiro atoms. The lowest BCUT2D eigenvalue weighted by atomic mass is 10.1. The van der Waals surface area contributed by atoms with E-state index in [0.29, 0.717) is 18.7 Å². The molecule has 0 bridgehead atoms. The average molecular weight is 417 g/mol. The number of carbonyl (C=O) groups is 1. The van der Waals surface area contributed by atoms with Crippen molar-refractivity contribution in [1.82, 2.24) is 20.0 Å². The summed E-state index contributed by atoms with van der Waals surface area (Å²) in [7, 11) is 0. The fourth-order valence-electron chi connectivity index (χ4n) is 4.27. The zero-order chi connectivity index (χ0) is 21.6. The van der Waals surface area contributed by atoms with Crippen molar-refractivity contribution >= 4 is 5.91 Å². The Morgan fingerprint density at radius 2 is 1.65 bits per heavy atom. The van der Waals surface area contributed by atoms with Crippen LogP contribution in [-0.4, -0.2) is 33.7 Å². The molecule has 0 unspecified atom stereocenters. The van der Waals surface area contributed by atoms with Gasteiger partial charge in [0.15, 0.2) is 0 Å². The lowest BCUT2D eigenvalue weighted by Crippen LogP contribution is -2.29. The molecule has 1 aliphatic heterocycles. The standard InChI is InChI=1S/C26H32N4O/c1-20-15-21(2)30(28-20)19-22-9-11-25(12-10-22)26(31)27-17-23-7-6-8-24(16-23)18-29-13-4-3-5-14-29/h6-12,15-16H,3-5,13-14,17-19H2,1-2H3,(H,27,31). The zero-order valence-corrected chi connectivity index (χ0v) is 18.6. The number of nitrogens with zero attached hydrogens (tertiary/aromatic N) is 3. The largest absolute Gasteiger partial charge is 0.348 e. The molecule has 1 amide bonds. The smallest absolute Gasteiger partial charge is 0.251 e. The van der Waals surface area contributed by atoms with Gasteiger partial charge < -0.3 is 5.32 Å². The Morgan fingerprint density at radius 1 is 0.903 bits per heavy atom. The Morgan fingerprint density at radius 3 is 2.35 bits per heavy atom. The summed E-state index contributed by atoms with van der Waals surface area (Å²) in [6, 6.07) is 18.4. The molecule has 1 aromatic heterocycles. The lowest BCUT2D eigenvalue weighted by molar-refractivity contribution is 0.0951. The van der Waals surface area contributed by atoms with E-state index < -0.39 is 0 Å². The summed E-state index contributed by atoms with van der Waals surface area (Å²) in [4.78, 5) is 15.1. The molecule has 1 aliphatic rings. The minimum Gasteiger partial charge on any atom is -0.348 e. The van der Waals surface area contributed by atoms with Crippen LogP contribution in [0.1, 0.15) is 57.7 Å². The quantitative estimate of drug-likeness (QED) is 0.618. The Bertz CT molecular complexity index is 1020. The lowest BCUT2D eigenvalue weighted by Gasteiger charge is -2.26. The molecule has 4 rings (SSSR count). The van der Waals surface area contributed by atoms with Crippen molar-refractivity contribution < 1.29 is 4.79 Å². The van der Waals surface area contributed by atoms with Gasteiger partial charge in [0, 0.05) is 24.3 Å². The van der Waals surface area contributed by atoms with Gasteiger partial charge in [0.25, 0.3) is 5.91 Å². The average Bonchev–Trinajstić information content (AvgIpc) is 3.10. The molecule has 31 heavy (non-hydrogen) atoms. The summed E-state index contributed by atoms with van der Waals surface area (Å²) < 4.78 is 1.99. The number of aromatic nitrogens is 2. The number of aryl methyl sites for hydroxylation is 2. The van der Waals surface area contributed by atoms with Gasteiger partial charge in [-0.1, -0.05) is 42.8 Å². The van der Waals surface area contributed by atoms with Crippen molar-refractivity contribution in [2.45, 2.75) is 52.7 Å². The molecular weight excluding hydrogens is 384 g/mol. The zero-order valence-electron chi connectivity index (χ0n) is 18.6. The first-order chi connectivity index (χ1) is 15.1. The molecule has 1 N–H and O–H groups in total. The van der Waals surface area contributed by atoms with Crippen LogP contribution in [0.5, 0.6) is 0 Å². The number of nitrogens with one attached hydrogen (secondary N) is 1. The van der Waals surface area contributed by atoms with E-state index in [1.165, 1.54) is 37.9 Å². The van der Waals surface area contributed by atoms with Crippen LogP contribution >= 0.6 is 0 Å². The van der Waals surface area contributed by atoms with Crippen molar-refractivity contribution in [3.8, 4) is 0 Å². The number of hydrogen-bond donors (Lipinski definition) is 1. The van der Waals surface area contributed by atoms with Gasteiger partial charge in [0.2, 0.25) is 0 Å². The Balaban J connectivity index is 1.31. The van der Waals surface area contributed by atoms with Gasteiger partial charge in [0.05, 0.1) is 12.2 Å². The van der Waals surface area contributed by atoms with E-state index in [1.807, 2.05) is 35.9 Å². The fourth-order valence-corrected chi connectivity index (χ4v) is 4.27. The highest BCUT2D eigenvalue weighted by molar-refractivity contribution is 5.94. The van der Waals surface area contributed by atoms with Gasteiger partial charge in [-0.05, 0) is 74.7 Å². The highest BCUT2D eigenvalue weighted by atomic mass is 16.1. The van der Waals surface area contributed by atoms with Crippen molar-refractivity contribution in [3.63, 3.8) is 0 Å². The van der Waals surface area contributed by atoms with Crippen LogP contribution in [0.25, 0.3) is 0 Å². The minimum atomic E-state index is -0.0425. The predicted octanol–water partition coefficient (Wildman–Crippen LogP) is 4.46. The molecular formula is C26H32N4O. The summed E-state index contributed by atoms with van der Waals surface area (Å²) in [5.74, 6) is -0.0425. The van der Waals surface area contributed by atoms with Crippen LogP contribution < -0.4 is 5.32 Å². The SMILES string of the molecule is Cc1cc(C)n(Cc2ccc(C(=O)NCc3cccc(CN4CCCCC4)c3)cc2)n1. The molecule has 5 heteroatoms. The number of carbonyl (C=O) groups excluding carboxylic acids is 1. The van der Waals surface area contributed by atoms with Gasteiger partial charge >= 0.3 is 0 Å². The summed E-state index contributed by atoms with van der Waals surface area (Å²) in [5, 5.41) is 7.56. The third-order valence-electron chi connectivity index (χ3n) is 5.95. The van der Waals surface area contributed by atoms with Gasteiger partial charge in [-0.2, -0.15) is 5.10 Å². The molecule has 162 valence electrons. The second-order valence-corrected chi connectivity index (χ2v) is 8.62. The molecule has 0 aliphatic carbocycles. The third kappa shape index (κ3) is 5.82. The van der Waals surface area contributed by atoms with Crippen molar-refractivity contribution in [1.29, 1.82) is 0 Å². The van der Waals surface area contributed by atoms with Gasteiger partial charge in [-0.15, -0.1) is 0 Å². The highest BCUT2D eigenvalue weighted by Crippen LogP contribution is 2.14. The summed E-state index contributed by atoms with van der Waals surface area (Å²) >= 11 is 0. The van der Waals surface area contributed by atoms with Crippen LogP contribution in [0.15, 0.2) is 54.6 Å². The summed E-state index contributed by atoms with van der Waals surface area (Å²) in [6.45, 7) is 8.70. The van der Waals surface area contributed by atoms with E-state index in [-0.39, 0.29) is 5.91 Å². The Hall–Kier alpha value is -2.92. The molecule has 0 saturated carbocycles. The maximum Gasteiger partial charge on any atom is 0.251 e. The third-order valence-corrected chi connectivity index (χ3v) is 5.95. The number of benzene rings is 2. The van der Waals surface area contributed by atoms with Crippen molar-refractivity contribution in [2.24, 2.45) is 0 Å². The van der Waals surface area contributed by atoms with Crippen molar-refractivity contribution in [3.05, 3.63) is 88.2 Å². The number of piperidine rings is 1. The second kappa shape index (κ2) is 9.92. The summed E-state index contributed by atoms with van der Waals surface area (Å²) in [6.07, 6.45) is 3.96. The van der Waals surface area contributed by atoms with Crippen LogP contribution in [-0.2, 0) is 19.6 Å². The molecule has 2 aromatic carbocycles. The fraction of sp³-hybridized carbons (Fsp3) is 0.385. The van der Waals surface area contributed by atoms with Crippen LogP contribution in [0.2, 0.25) is 0 Å². The minimum absolute atomic E-state index is 0.0425. The number of rotatable bonds is 7. The maximum absolute atomic E-state index is 12.6. The summed E-state index contributed by atoms with van der Waals surface area (Å²) in [5.41, 5.74) is 6.44. The first-order valence-corrected chi connectivity index (χ1v) is 11.3. The van der Waals surface area contributed by atoms with E-state index in [0.717, 1.165) is 29.1 Å². The monoisotopic (exact) mass is 416 g/mol. The highest BCUT2D eigenvalue weighted by Gasteiger charge is 2.11. The topological polar surface area (TPSA) is 50.2 Å². The Labute approximate surface area is 185 Å². The first-order valence-electron chi connectivity index (χ1n) is 11.3. The van der Waals surface area contributed by atoms with Gasteiger partial charge in [-0.3, -0.25) is 14.4 Å². The molecule has 1 saturated heterocycles. The van der Waals surface area contributed by atoms with Crippen LogP contribution in [0.4, 0.5) is 0 Å². The predicted molar refractivity (Wildman–Crippen MR) is 124 cm³/mol. The first kappa shape index (κ1) is 21.3.